The largest absolute Gasteiger partial charge is 0.354 e. The maximum atomic E-state index is 12.8. The Balaban J connectivity index is 1.71. The minimum absolute atomic E-state index is 0.0249. The quantitative estimate of drug-likeness (QED) is 0.762. The fraction of sp³-hybridized carbons (Fsp3) is 0.278. The Bertz CT molecular complexity index is 978. The molecule has 25 heavy (non-hydrogen) atoms. The molecule has 5 nitrogen and oxygen atoms in total. The highest BCUT2D eigenvalue weighted by Gasteiger charge is 2.22. The average Bonchev–Trinajstić information content (AvgIpc) is 3.08. The van der Waals surface area contributed by atoms with Crippen LogP contribution in [-0.4, -0.2) is 39.6 Å². The standard InChI is InChI=1S/C18H19N3O2S2/c22-25(23,13-14-4-2-1-3-5-14)17-12-15-16(24-17)6-7-20-18(15)21-10-8-19-9-11-21/h1-7,12,19H,8-11,13H2. The lowest BCUT2D eigenvalue weighted by atomic mass is 10.2. The normalized spacial score (nSPS) is 15.6. The second-order valence-electron chi connectivity index (χ2n) is 6.09. The first kappa shape index (κ1) is 16.5. The Hall–Kier alpha value is -1.96. The molecule has 2 aromatic heterocycles. The molecule has 1 aromatic carbocycles. The summed E-state index contributed by atoms with van der Waals surface area (Å²) in [4.78, 5) is 6.74. The molecular weight excluding hydrogens is 354 g/mol. The second-order valence-corrected chi connectivity index (χ2v) is 9.39. The van der Waals surface area contributed by atoms with Crippen molar-refractivity contribution in [3.8, 4) is 0 Å². The molecule has 130 valence electrons. The number of benzene rings is 1. The molecule has 0 spiro atoms. The smallest absolute Gasteiger partial charge is 0.191 e. The van der Waals surface area contributed by atoms with Crippen LogP contribution in [0.2, 0.25) is 0 Å². The molecule has 0 atom stereocenters. The lowest BCUT2D eigenvalue weighted by Gasteiger charge is -2.28. The van der Waals surface area contributed by atoms with E-state index in [2.05, 4.69) is 15.2 Å². The maximum Gasteiger partial charge on any atom is 0.191 e. The number of thiophene rings is 1. The van der Waals surface area contributed by atoms with Crippen LogP contribution in [-0.2, 0) is 15.6 Å². The zero-order valence-electron chi connectivity index (χ0n) is 13.7. The van der Waals surface area contributed by atoms with E-state index < -0.39 is 9.84 Å². The molecule has 7 heteroatoms. The number of piperazine rings is 1. The van der Waals surface area contributed by atoms with E-state index in [0.29, 0.717) is 4.21 Å². The van der Waals surface area contributed by atoms with Crippen molar-refractivity contribution in [3.05, 3.63) is 54.2 Å². The summed E-state index contributed by atoms with van der Waals surface area (Å²) < 4.78 is 27.0. The summed E-state index contributed by atoms with van der Waals surface area (Å²) in [6.45, 7) is 3.60. The van der Waals surface area contributed by atoms with E-state index in [0.717, 1.165) is 47.6 Å². The summed E-state index contributed by atoms with van der Waals surface area (Å²) in [6, 6.07) is 13.0. The van der Waals surface area contributed by atoms with Gasteiger partial charge in [-0.15, -0.1) is 11.3 Å². The van der Waals surface area contributed by atoms with Gasteiger partial charge in [0.1, 0.15) is 10.0 Å². The third kappa shape index (κ3) is 3.40. The number of aromatic nitrogens is 1. The molecule has 4 rings (SSSR count). The highest BCUT2D eigenvalue weighted by atomic mass is 32.2. The van der Waals surface area contributed by atoms with Crippen LogP contribution in [0.1, 0.15) is 5.56 Å². The van der Waals surface area contributed by atoms with Crippen molar-refractivity contribution in [2.75, 3.05) is 31.1 Å². The molecule has 1 saturated heterocycles. The van der Waals surface area contributed by atoms with E-state index in [9.17, 15) is 8.42 Å². The number of pyridine rings is 1. The third-order valence-corrected chi connectivity index (χ3v) is 7.68. The molecule has 0 bridgehead atoms. The molecule has 0 aliphatic carbocycles. The Morgan fingerprint density at radius 2 is 1.88 bits per heavy atom. The van der Waals surface area contributed by atoms with E-state index in [-0.39, 0.29) is 5.75 Å². The number of nitrogens with one attached hydrogen (secondary N) is 1. The topological polar surface area (TPSA) is 62.3 Å². The van der Waals surface area contributed by atoms with Crippen LogP contribution >= 0.6 is 11.3 Å². The molecule has 0 saturated carbocycles. The Morgan fingerprint density at radius 1 is 1.12 bits per heavy atom. The molecule has 1 aliphatic heterocycles. The summed E-state index contributed by atoms with van der Waals surface area (Å²) in [5.41, 5.74) is 0.806. The van der Waals surface area contributed by atoms with Gasteiger partial charge in [0.2, 0.25) is 0 Å². The van der Waals surface area contributed by atoms with Crippen molar-refractivity contribution in [3.63, 3.8) is 0 Å². The van der Waals surface area contributed by atoms with Gasteiger partial charge in [-0.2, -0.15) is 0 Å². The van der Waals surface area contributed by atoms with Crippen LogP contribution in [0.15, 0.2) is 52.9 Å². The Labute approximate surface area is 151 Å². The van der Waals surface area contributed by atoms with Crippen molar-refractivity contribution in [2.24, 2.45) is 0 Å². The van der Waals surface area contributed by atoms with Crippen LogP contribution in [0.25, 0.3) is 10.1 Å². The van der Waals surface area contributed by atoms with Gasteiger partial charge < -0.3 is 10.2 Å². The van der Waals surface area contributed by atoms with Gasteiger partial charge in [0.25, 0.3) is 0 Å². The maximum absolute atomic E-state index is 12.8. The van der Waals surface area contributed by atoms with Gasteiger partial charge in [-0.25, -0.2) is 13.4 Å². The highest BCUT2D eigenvalue weighted by Crippen LogP contribution is 2.35. The van der Waals surface area contributed by atoms with Crippen LogP contribution in [0.3, 0.4) is 0 Å². The molecule has 3 aromatic rings. The van der Waals surface area contributed by atoms with Gasteiger partial charge in [0, 0.05) is 42.5 Å². The summed E-state index contributed by atoms with van der Waals surface area (Å²) in [6.07, 6.45) is 1.77. The first-order chi connectivity index (χ1) is 12.1. The van der Waals surface area contributed by atoms with E-state index in [1.807, 2.05) is 36.4 Å². The van der Waals surface area contributed by atoms with Crippen molar-refractivity contribution in [2.45, 2.75) is 9.96 Å². The fourth-order valence-electron chi connectivity index (χ4n) is 3.07. The fourth-order valence-corrected chi connectivity index (χ4v) is 5.88. The van der Waals surface area contributed by atoms with Crippen molar-refractivity contribution < 1.29 is 8.42 Å². The lowest BCUT2D eigenvalue weighted by Crippen LogP contribution is -2.43. The van der Waals surface area contributed by atoms with Gasteiger partial charge in [-0.3, -0.25) is 0 Å². The molecular formula is C18H19N3O2S2. The molecule has 0 amide bonds. The number of anilines is 1. The second kappa shape index (κ2) is 6.74. The van der Waals surface area contributed by atoms with Crippen LogP contribution in [0.4, 0.5) is 5.82 Å². The molecule has 1 fully saturated rings. The molecule has 1 aliphatic rings. The summed E-state index contributed by atoms with van der Waals surface area (Å²) >= 11 is 1.33. The number of rotatable bonds is 4. The summed E-state index contributed by atoms with van der Waals surface area (Å²) in [7, 11) is -3.36. The van der Waals surface area contributed by atoms with E-state index in [1.54, 1.807) is 12.3 Å². The van der Waals surface area contributed by atoms with Crippen LogP contribution in [0.5, 0.6) is 0 Å². The number of sulfone groups is 1. The minimum atomic E-state index is -3.36. The van der Waals surface area contributed by atoms with Gasteiger partial charge >= 0.3 is 0 Å². The van der Waals surface area contributed by atoms with Crippen molar-refractivity contribution in [1.29, 1.82) is 0 Å². The third-order valence-electron chi connectivity index (χ3n) is 4.32. The van der Waals surface area contributed by atoms with Gasteiger partial charge in [0.05, 0.1) is 5.75 Å². The average molecular weight is 374 g/mol. The minimum Gasteiger partial charge on any atom is -0.354 e. The Kier molecular flexibility index (Phi) is 4.45. The Morgan fingerprint density at radius 3 is 2.64 bits per heavy atom. The van der Waals surface area contributed by atoms with E-state index >= 15 is 0 Å². The summed E-state index contributed by atoms with van der Waals surface area (Å²) in [5.74, 6) is 0.910. The predicted molar refractivity (Wildman–Crippen MR) is 102 cm³/mol. The van der Waals surface area contributed by atoms with Crippen LogP contribution in [0, 0.1) is 0 Å². The zero-order chi connectivity index (χ0) is 17.3. The first-order valence-electron chi connectivity index (χ1n) is 8.24. The first-order valence-corrected chi connectivity index (χ1v) is 10.7. The van der Waals surface area contributed by atoms with E-state index in [1.165, 1.54) is 11.3 Å². The van der Waals surface area contributed by atoms with E-state index in [4.69, 9.17) is 0 Å². The zero-order valence-corrected chi connectivity index (χ0v) is 15.3. The number of hydrogen-bond donors (Lipinski definition) is 1. The SMILES string of the molecule is O=S(=O)(Cc1ccccc1)c1cc2c(N3CCNCC3)nccc2s1. The molecule has 0 radical (unpaired) electrons. The van der Waals surface area contributed by atoms with Gasteiger partial charge in [0.15, 0.2) is 9.84 Å². The number of nitrogens with zero attached hydrogens (tertiary/aromatic N) is 2. The van der Waals surface area contributed by atoms with Crippen LogP contribution < -0.4 is 10.2 Å². The number of fused-ring (bicyclic) bond motifs is 1. The summed E-state index contributed by atoms with van der Waals surface area (Å²) in [5, 5.41) is 4.26. The molecule has 0 unspecified atom stereocenters. The monoisotopic (exact) mass is 373 g/mol. The molecule has 3 heterocycles. The van der Waals surface area contributed by atoms with Crippen molar-refractivity contribution >= 4 is 37.1 Å². The van der Waals surface area contributed by atoms with Gasteiger partial charge in [-0.1, -0.05) is 30.3 Å². The number of hydrogen-bond acceptors (Lipinski definition) is 6. The predicted octanol–water partition coefficient (Wildman–Crippen LogP) is 2.68. The van der Waals surface area contributed by atoms with Gasteiger partial charge in [-0.05, 0) is 17.7 Å². The lowest BCUT2D eigenvalue weighted by molar-refractivity contribution is 0.586. The highest BCUT2D eigenvalue weighted by molar-refractivity contribution is 7.92. The molecule has 1 N–H and O–H groups in total. The van der Waals surface area contributed by atoms with Crippen molar-refractivity contribution in [1.82, 2.24) is 10.3 Å².